The molecule has 0 unspecified atom stereocenters. The van der Waals surface area contributed by atoms with E-state index in [-0.39, 0.29) is 10.9 Å². The van der Waals surface area contributed by atoms with Crippen LogP contribution in [-0.4, -0.2) is 44.9 Å². The normalized spacial score (nSPS) is 13.2. The summed E-state index contributed by atoms with van der Waals surface area (Å²) >= 11 is 0. The van der Waals surface area contributed by atoms with Gasteiger partial charge in [0.05, 0.1) is 7.11 Å². The van der Waals surface area contributed by atoms with E-state index in [1.54, 1.807) is 12.1 Å². The first-order valence-electron chi connectivity index (χ1n) is 8.01. The number of hydrogen-bond donors (Lipinski definition) is 1. The maximum atomic E-state index is 12.2. The third-order valence-electron chi connectivity index (χ3n) is 4.41. The Hall–Kier alpha value is -1.73. The van der Waals surface area contributed by atoms with Gasteiger partial charge < -0.3 is 14.5 Å². The maximum absolute atomic E-state index is 12.2. The van der Waals surface area contributed by atoms with Crippen molar-refractivity contribution in [1.82, 2.24) is 10.3 Å². The lowest BCUT2D eigenvalue weighted by atomic mass is 10.2. The molecule has 1 N–H and O–H groups in total. The Bertz CT molecular complexity index is 555. The highest BCUT2D eigenvalue weighted by molar-refractivity contribution is 6.74. The van der Waals surface area contributed by atoms with Crippen molar-refractivity contribution in [1.29, 1.82) is 0 Å². The van der Waals surface area contributed by atoms with E-state index in [1.807, 2.05) is 0 Å². The molecule has 1 aromatic heterocycles. The quantitative estimate of drug-likeness (QED) is 0.603. The van der Waals surface area contributed by atoms with Gasteiger partial charge in [-0.2, -0.15) is 0 Å². The SMILES string of the molecule is COC(=O)[C@@H](CCO[Si](C)(C)C(C)(C)C)NC(=O)c1ccncc1. The Labute approximate surface area is 145 Å². The molecule has 0 aromatic carbocycles. The zero-order valence-electron chi connectivity index (χ0n) is 15.4. The first kappa shape index (κ1) is 20.3. The summed E-state index contributed by atoms with van der Waals surface area (Å²) in [6.07, 6.45) is 3.43. The summed E-state index contributed by atoms with van der Waals surface area (Å²) in [7, 11) is -0.586. The van der Waals surface area contributed by atoms with Crippen LogP contribution in [0.2, 0.25) is 18.1 Å². The lowest BCUT2D eigenvalue weighted by molar-refractivity contribution is -0.143. The monoisotopic (exact) mass is 352 g/mol. The fraction of sp³-hybridized carbons (Fsp3) is 0.588. The van der Waals surface area contributed by atoms with Gasteiger partial charge in [-0.05, 0) is 30.3 Å². The number of amides is 1. The number of methoxy groups -OCH3 is 1. The molecule has 1 amide bonds. The average Bonchev–Trinajstić information content (AvgIpc) is 2.52. The minimum absolute atomic E-state index is 0.0913. The molecule has 0 aliphatic heterocycles. The Morgan fingerprint density at radius 1 is 1.25 bits per heavy atom. The first-order valence-corrected chi connectivity index (χ1v) is 10.9. The minimum Gasteiger partial charge on any atom is -0.467 e. The van der Waals surface area contributed by atoms with Gasteiger partial charge in [0.25, 0.3) is 5.91 Å². The van der Waals surface area contributed by atoms with Crippen molar-refractivity contribution in [3.05, 3.63) is 30.1 Å². The zero-order chi connectivity index (χ0) is 18.4. The third-order valence-corrected chi connectivity index (χ3v) is 8.95. The third kappa shape index (κ3) is 5.72. The molecule has 1 rings (SSSR count). The Kier molecular flexibility index (Phi) is 7.10. The summed E-state index contributed by atoms with van der Waals surface area (Å²) in [6.45, 7) is 11.2. The van der Waals surface area contributed by atoms with Crippen LogP contribution in [0.15, 0.2) is 24.5 Å². The maximum Gasteiger partial charge on any atom is 0.328 e. The van der Waals surface area contributed by atoms with Crippen LogP contribution in [0, 0.1) is 0 Å². The van der Waals surface area contributed by atoms with Crippen molar-refractivity contribution in [3.63, 3.8) is 0 Å². The second-order valence-electron chi connectivity index (χ2n) is 7.18. The highest BCUT2D eigenvalue weighted by Crippen LogP contribution is 2.36. The van der Waals surface area contributed by atoms with Crippen molar-refractivity contribution >= 4 is 20.2 Å². The molecule has 1 aromatic rings. The van der Waals surface area contributed by atoms with Gasteiger partial charge in [-0.15, -0.1) is 0 Å². The van der Waals surface area contributed by atoms with E-state index in [0.717, 1.165) is 0 Å². The lowest BCUT2D eigenvalue weighted by Gasteiger charge is -2.36. The predicted molar refractivity (Wildman–Crippen MR) is 95.3 cm³/mol. The molecular weight excluding hydrogens is 324 g/mol. The lowest BCUT2D eigenvalue weighted by Crippen LogP contribution is -2.45. The van der Waals surface area contributed by atoms with E-state index in [1.165, 1.54) is 19.5 Å². The zero-order valence-corrected chi connectivity index (χ0v) is 16.4. The van der Waals surface area contributed by atoms with Crippen molar-refractivity contribution in [2.75, 3.05) is 13.7 Å². The van der Waals surface area contributed by atoms with Gasteiger partial charge in [-0.1, -0.05) is 20.8 Å². The van der Waals surface area contributed by atoms with Crippen molar-refractivity contribution in [3.8, 4) is 0 Å². The van der Waals surface area contributed by atoms with Gasteiger partial charge in [-0.3, -0.25) is 9.78 Å². The molecule has 7 heteroatoms. The summed E-state index contributed by atoms with van der Waals surface area (Å²) in [5.74, 6) is -0.809. The molecule has 0 aliphatic carbocycles. The minimum atomic E-state index is -1.89. The molecule has 24 heavy (non-hydrogen) atoms. The van der Waals surface area contributed by atoms with Gasteiger partial charge in [0.15, 0.2) is 8.32 Å². The van der Waals surface area contributed by atoms with E-state index >= 15 is 0 Å². The second kappa shape index (κ2) is 8.39. The average molecular weight is 353 g/mol. The summed E-state index contributed by atoms with van der Waals surface area (Å²) in [6, 6.07) is 2.45. The molecule has 1 heterocycles. The van der Waals surface area contributed by atoms with Crippen molar-refractivity contribution in [2.45, 2.75) is 51.4 Å². The van der Waals surface area contributed by atoms with Crippen LogP contribution in [0.3, 0.4) is 0 Å². The summed E-state index contributed by atoms with van der Waals surface area (Å²) in [5.41, 5.74) is 0.448. The highest BCUT2D eigenvalue weighted by atomic mass is 28.4. The first-order chi connectivity index (χ1) is 11.1. The van der Waals surface area contributed by atoms with Crippen LogP contribution in [0.25, 0.3) is 0 Å². The smallest absolute Gasteiger partial charge is 0.328 e. The fourth-order valence-electron chi connectivity index (χ4n) is 1.78. The van der Waals surface area contributed by atoms with Crippen LogP contribution >= 0.6 is 0 Å². The molecule has 0 saturated heterocycles. The van der Waals surface area contributed by atoms with Gasteiger partial charge in [0, 0.05) is 31.0 Å². The number of nitrogens with one attached hydrogen (secondary N) is 1. The molecule has 0 bridgehead atoms. The molecular formula is C17H28N2O4Si. The number of esters is 1. The van der Waals surface area contributed by atoms with Gasteiger partial charge in [-0.25, -0.2) is 4.79 Å². The van der Waals surface area contributed by atoms with E-state index in [9.17, 15) is 9.59 Å². The number of rotatable bonds is 7. The second-order valence-corrected chi connectivity index (χ2v) is 12.0. The van der Waals surface area contributed by atoms with Crippen LogP contribution < -0.4 is 5.32 Å². The number of pyridine rings is 1. The number of carbonyl (C=O) groups excluding carboxylic acids is 2. The van der Waals surface area contributed by atoms with Crippen LogP contribution in [0.1, 0.15) is 37.6 Å². The number of carbonyl (C=O) groups is 2. The Balaban J connectivity index is 2.67. The number of hydrogen-bond acceptors (Lipinski definition) is 5. The molecule has 0 saturated carbocycles. The standard InChI is InChI=1S/C17H28N2O4Si/c1-17(2,3)24(5,6)23-12-9-14(16(21)22-4)19-15(20)13-7-10-18-11-8-13/h7-8,10-11,14H,9,12H2,1-6H3,(H,19,20)/t14-/m1/s1. The van der Waals surface area contributed by atoms with E-state index in [4.69, 9.17) is 9.16 Å². The summed E-state index contributed by atoms with van der Waals surface area (Å²) in [4.78, 5) is 28.0. The Morgan fingerprint density at radius 3 is 2.33 bits per heavy atom. The summed E-state index contributed by atoms with van der Waals surface area (Å²) < 4.78 is 10.9. The molecule has 0 radical (unpaired) electrons. The molecule has 0 fully saturated rings. The van der Waals surface area contributed by atoms with Crippen molar-refractivity contribution in [2.24, 2.45) is 0 Å². The number of nitrogens with zero attached hydrogens (tertiary/aromatic N) is 1. The van der Waals surface area contributed by atoms with Gasteiger partial charge >= 0.3 is 5.97 Å². The van der Waals surface area contributed by atoms with Gasteiger partial charge in [0.2, 0.25) is 0 Å². The van der Waals surface area contributed by atoms with Crippen LogP contribution in [0.5, 0.6) is 0 Å². The van der Waals surface area contributed by atoms with E-state index in [2.05, 4.69) is 44.2 Å². The van der Waals surface area contributed by atoms with Crippen LogP contribution in [-0.2, 0) is 14.0 Å². The van der Waals surface area contributed by atoms with Gasteiger partial charge in [0.1, 0.15) is 6.04 Å². The largest absolute Gasteiger partial charge is 0.467 e. The highest BCUT2D eigenvalue weighted by Gasteiger charge is 2.37. The molecule has 0 aliphatic rings. The predicted octanol–water partition coefficient (Wildman–Crippen LogP) is 2.76. The molecule has 134 valence electrons. The summed E-state index contributed by atoms with van der Waals surface area (Å²) in [5, 5.41) is 2.79. The number of aromatic nitrogens is 1. The molecule has 0 spiro atoms. The topological polar surface area (TPSA) is 77.5 Å². The van der Waals surface area contributed by atoms with Crippen molar-refractivity contribution < 1.29 is 18.8 Å². The fourth-order valence-corrected chi connectivity index (χ4v) is 2.85. The number of ether oxygens (including phenoxy) is 1. The van der Waals surface area contributed by atoms with Crippen LogP contribution in [0.4, 0.5) is 0 Å². The molecule has 1 atom stereocenters. The molecule has 6 nitrogen and oxygen atoms in total. The van der Waals surface area contributed by atoms with E-state index < -0.39 is 20.3 Å². The van der Waals surface area contributed by atoms with E-state index in [0.29, 0.717) is 18.6 Å². The Morgan fingerprint density at radius 2 is 1.83 bits per heavy atom.